The van der Waals surface area contributed by atoms with E-state index in [1.807, 2.05) is 22.9 Å². The first-order valence-electron chi connectivity index (χ1n) is 10.6. The van der Waals surface area contributed by atoms with E-state index in [9.17, 15) is 0 Å². The minimum Gasteiger partial charge on any atom is -0.480 e. The Kier molecular flexibility index (Phi) is 4.54. The zero-order chi connectivity index (χ0) is 21.7. The maximum absolute atomic E-state index is 6.66. The Morgan fingerprint density at radius 1 is 0.938 bits per heavy atom. The van der Waals surface area contributed by atoms with Crippen molar-refractivity contribution < 1.29 is 4.74 Å². The number of anilines is 1. The summed E-state index contributed by atoms with van der Waals surface area (Å²) in [5.41, 5.74) is 6.74. The number of hydrogen-bond donors (Lipinski definition) is 1. The van der Waals surface area contributed by atoms with E-state index in [-0.39, 0.29) is 12.1 Å². The average molecular weight is 439 g/mol. The second-order valence-electron chi connectivity index (χ2n) is 8.06. The van der Waals surface area contributed by atoms with Gasteiger partial charge in [-0.05, 0) is 48.6 Å². The number of hydrogen-bond acceptors (Lipinski definition) is 5. The SMILES string of the molecule is CSc1ccc([C@H]2Oc3ccccc3C3=C2[C@@H](c2ccc(C)cc2)n2ncnc2N3)cc1. The molecule has 0 amide bonds. The standard InChI is InChI=1S/C26H22N4OS/c1-16-7-9-17(10-8-16)24-22-23(29-26-27-15-28-30(24)26)20-5-3-4-6-21(20)31-25(22)18-11-13-19(32-2)14-12-18/h3-15,24-25H,1-2H3,(H,27,28,29)/t24-,25-/m1/s1. The van der Waals surface area contributed by atoms with Gasteiger partial charge in [-0.1, -0.05) is 54.1 Å². The molecule has 0 spiro atoms. The van der Waals surface area contributed by atoms with Gasteiger partial charge in [0, 0.05) is 16.0 Å². The normalized spacial score (nSPS) is 18.8. The molecular weight excluding hydrogens is 416 g/mol. The van der Waals surface area contributed by atoms with E-state index in [4.69, 9.17) is 4.74 Å². The molecule has 0 aliphatic carbocycles. The summed E-state index contributed by atoms with van der Waals surface area (Å²) in [6.07, 6.45) is 3.46. The van der Waals surface area contributed by atoms with Crippen molar-refractivity contribution in [3.8, 4) is 5.75 Å². The number of nitrogens with one attached hydrogen (secondary N) is 1. The van der Waals surface area contributed by atoms with Gasteiger partial charge in [-0.3, -0.25) is 0 Å². The first-order valence-corrected chi connectivity index (χ1v) is 11.8. The van der Waals surface area contributed by atoms with Gasteiger partial charge in [-0.2, -0.15) is 10.1 Å². The zero-order valence-corrected chi connectivity index (χ0v) is 18.6. The van der Waals surface area contributed by atoms with Crippen molar-refractivity contribution in [1.82, 2.24) is 14.8 Å². The van der Waals surface area contributed by atoms with Crippen LogP contribution < -0.4 is 10.1 Å². The van der Waals surface area contributed by atoms with Gasteiger partial charge in [-0.25, -0.2) is 4.68 Å². The van der Waals surface area contributed by atoms with Crippen LogP contribution in [0.1, 0.15) is 34.4 Å². The number of ether oxygens (including phenoxy) is 1. The fourth-order valence-corrected chi connectivity index (χ4v) is 4.95. The van der Waals surface area contributed by atoms with Crippen molar-refractivity contribution in [1.29, 1.82) is 0 Å². The first-order chi connectivity index (χ1) is 15.7. The summed E-state index contributed by atoms with van der Waals surface area (Å²) in [5.74, 6) is 1.61. The van der Waals surface area contributed by atoms with Gasteiger partial charge in [-0.15, -0.1) is 11.8 Å². The fraction of sp³-hybridized carbons (Fsp3) is 0.154. The van der Waals surface area contributed by atoms with E-state index in [1.54, 1.807) is 18.1 Å². The number of rotatable bonds is 3. The van der Waals surface area contributed by atoms with E-state index in [0.717, 1.165) is 39.7 Å². The largest absolute Gasteiger partial charge is 0.480 e. The molecule has 3 aromatic carbocycles. The third-order valence-corrected chi connectivity index (χ3v) is 6.88. The number of aromatic nitrogens is 3. The third-order valence-electron chi connectivity index (χ3n) is 6.13. The first kappa shape index (κ1) is 19.2. The van der Waals surface area contributed by atoms with Gasteiger partial charge < -0.3 is 10.1 Å². The van der Waals surface area contributed by atoms with Crippen molar-refractivity contribution in [3.63, 3.8) is 0 Å². The topological polar surface area (TPSA) is 52.0 Å². The fourth-order valence-electron chi connectivity index (χ4n) is 4.54. The molecule has 0 unspecified atom stereocenters. The molecule has 0 fully saturated rings. The minimum atomic E-state index is -0.244. The number of para-hydroxylation sites is 1. The molecule has 0 bridgehead atoms. The van der Waals surface area contributed by atoms with Crippen LogP contribution in [-0.4, -0.2) is 21.0 Å². The minimum absolute atomic E-state index is 0.122. The number of nitrogens with zero attached hydrogens (tertiary/aromatic N) is 3. The Hall–Kier alpha value is -3.51. The van der Waals surface area contributed by atoms with Crippen LogP contribution in [0.15, 0.2) is 89.6 Å². The van der Waals surface area contributed by atoms with Gasteiger partial charge in [0.05, 0.1) is 5.70 Å². The second-order valence-corrected chi connectivity index (χ2v) is 8.94. The molecule has 2 atom stereocenters. The Morgan fingerprint density at radius 3 is 2.47 bits per heavy atom. The van der Waals surface area contributed by atoms with Gasteiger partial charge in [0.15, 0.2) is 0 Å². The van der Waals surface area contributed by atoms with Crippen molar-refractivity contribution in [2.45, 2.75) is 24.0 Å². The van der Waals surface area contributed by atoms with Gasteiger partial charge in [0.2, 0.25) is 5.95 Å². The molecule has 1 aromatic heterocycles. The lowest BCUT2D eigenvalue weighted by Crippen LogP contribution is -2.32. The van der Waals surface area contributed by atoms with Crippen molar-refractivity contribution >= 4 is 23.4 Å². The van der Waals surface area contributed by atoms with Gasteiger partial charge in [0.1, 0.15) is 24.2 Å². The number of aryl methyl sites for hydroxylation is 1. The highest BCUT2D eigenvalue weighted by atomic mass is 32.2. The lowest BCUT2D eigenvalue weighted by molar-refractivity contribution is 0.223. The maximum Gasteiger partial charge on any atom is 0.226 e. The highest BCUT2D eigenvalue weighted by Gasteiger charge is 2.40. The number of thioether (sulfide) groups is 1. The van der Waals surface area contributed by atoms with Crippen molar-refractivity contribution in [2.24, 2.45) is 0 Å². The molecule has 32 heavy (non-hydrogen) atoms. The van der Waals surface area contributed by atoms with Crippen molar-refractivity contribution in [3.05, 3.63) is 107 Å². The summed E-state index contributed by atoms with van der Waals surface area (Å²) in [6.45, 7) is 2.11. The molecule has 3 heterocycles. The monoisotopic (exact) mass is 438 g/mol. The highest BCUT2D eigenvalue weighted by Crippen LogP contribution is 2.50. The molecule has 5 nitrogen and oxygen atoms in total. The van der Waals surface area contributed by atoms with Crippen LogP contribution in [0.25, 0.3) is 5.70 Å². The zero-order valence-electron chi connectivity index (χ0n) is 17.8. The molecule has 0 radical (unpaired) electrons. The summed E-state index contributed by atoms with van der Waals surface area (Å²) >= 11 is 1.74. The van der Waals surface area contributed by atoms with E-state index < -0.39 is 0 Å². The van der Waals surface area contributed by atoms with E-state index in [1.165, 1.54) is 10.5 Å². The van der Waals surface area contributed by atoms with Crippen LogP contribution in [0, 0.1) is 6.92 Å². The quantitative estimate of drug-likeness (QED) is 0.406. The predicted molar refractivity (Wildman–Crippen MR) is 128 cm³/mol. The number of fused-ring (bicyclic) bond motifs is 3. The van der Waals surface area contributed by atoms with E-state index in [2.05, 4.69) is 83.2 Å². The molecule has 1 N–H and O–H groups in total. The average Bonchev–Trinajstić information content (AvgIpc) is 3.31. The molecule has 6 heteroatoms. The highest BCUT2D eigenvalue weighted by molar-refractivity contribution is 7.98. The van der Waals surface area contributed by atoms with E-state index >= 15 is 0 Å². The smallest absolute Gasteiger partial charge is 0.226 e. The van der Waals surface area contributed by atoms with Crippen LogP contribution in [0.3, 0.4) is 0 Å². The Balaban J connectivity index is 1.60. The third kappa shape index (κ3) is 3.02. The summed E-state index contributed by atoms with van der Waals surface area (Å²) in [6, 6.07) is 25.4. The Morgan fingerprint density at radius 2 is 1.69 bits per heavy atom. The van der Waals surface area contributed by atoms with Crippen molar-refractivity contribution in [2.75, 3.05) is 11.6 Å². The summed E-state index contributed by atoms with van der Waals surface area (Å²) in [5, 5.41) is 8.14. The maximum atomic E-state index is 6.66. The Labute approximate surface area is 191 Å². The molecular formula is C26H22N4OS. The summed E-state index contributed by atoms with van der Waals surface area (Å²) in [4.78, 5) is 5.73. The van der Waals surface area contributed by atoms with Crippen LogP contribution in [-0.2, 0) is 0 Å². The van der Waals surface area contributed by atoms with Gasteiger partial charge >= 0.3 is 0 Å². The van der Waals surface area contributed by atoms with Crippen LogP contribution >= 0.6 is 11.8 Å². The molecule has 6 rings (SSSR count). The van der Waals surface area contributed by atoms with Crippen LogP contribution in [0.2, 0.25) is 0 Å². The molecule has 2 aliphatic rings. The lowest BCUT2D eigenvalue weighted by Gasteiger charge is -2.39. The Bertz CT molecular complexity index is 1320. The molecule has 0 saturated carbocycles. The predicted octanol–water partition coefficient (Wildman–Crippen LogP) is 5.87. The van der Waals surface area contributed by atoms with Gasteiger partial charge in [0.25, 0.3) is 0 Å². The molecule has 158 valence electrons. The van der Waals surface area contributed by atoms with E-state index in [0.29, 0.717) is 0 Å². The van der Waals surface area contributed by atoms with Crippen LogP contribution in [0.5, 0.6) is 5.75 Å². The van der Waals surface area contributed by atoms with Crippen LogP contribution in [0.4, 0.5) is 5.95 Å². The second kappa shape index (κ2) is 7.57. The molecule has 4 aromatic rings. The number of benzene rings is 3. The summed E-state index contributed by atoms with van der Waals surface area (Å²) in [7, 11) is 0. The molecule has 2 aliphatic heterocycles. The lowest BCUT2D eigenvalue weighted by atomic mass is 9.84. The summed E-state index contributed by atoms with van der Waals surface area (Å²) < 4.78 is 8.62. The molecule has 0 saturated heterocycles.